The maximum Gasteiger partial charge on any atom is 0.256 e. The zero-order valence-electron chi connectivity index (χ0n) is 18.1. The molecule has 0 unspecified atom stereocenters. The van der Waals surface area contributed by atoms with Crippen LogP contribution >= 0.6 is 0 Å². The summed E-state index contributed by atoms with van der Waals surface area (Å²) in [6.07, 6.45) is 3.29. The van der Waals surface area contributed by atoms with E-state index in [1.54, 1.807) is 6.20 Å². The van der Waals surface area contributed by atoms with Crippen molar-refractivity contribution in [2.75, 3.05) is 48.3 Å². The Labute approximate surface area is 187 Å². The minimum atomic E-state index is -0.303. The summed E-state index contributed by atoms with van der Waals surface area (Å²) in [6.45, 7) is 6.05. The molecule has 3 heterocycles. The molecule has 1 aromatic carbocycles. The highest BCUT2D eigenvalue weighted by Crippen LogP contribution is 2.18. The van der Waals surface area contributed by atoms with Crippen molar-refractivity contribution in [3.8, 4) is 5.75 Å². The van der Waals surface area contributed by atoms with Gasteiger partial charge in [0.05, 0.1) is 12.2 Å². The van der Waals surface area contributed by atoms with Crippen LogP contribution in [0.2, 0.25) is 0 Å². The Morgan fingerprint density at radius 1 is 1.06 bits per heavy atom. The molecule has 32 heavy (non-hydrogen) atoms. The van der Waals surface area contributed by atoms with Gasteiger partial charge < -0.3 is 25.6 Å². The normalized spacial score (nSPS) is 13.7. The van der Waals surface area contributed by atoms with E-state index in [9.17, 15) is 4.79 Å². The molecule has 1 fully saturated rings. The van der Waals surface area contributed by atoms with E-state index in [0.717, 1.165) is 43.3 Å². The molecule has 9 heteroatoms. The molecule has 9 nitrogen and oxygen atoms in total. The Morgan fingerprint density at radius 3 is 2.47 bits per heavy atom. The molecular formula is C23H27N7O2. The molecule has 0 spiro atoms. The highest BCUT2D eigenvalue weighted by atomic mass is 16.5. The Bertz CT molecular complexity index is 1040. The second-order valence-electron chi connectivity index (χ2n) is 7.39. The van der Waals surface area contributed by atoms with Gasteiger partial charge in [0.25, 0.3) is 5.91 Å². The van der Waals surface area contributed by atoms with Gasteiger partial charge in [0.1, 0.15) is 17.4 Å². The number of carbonyl (C=O) groups excluding carboxylic acids is 1. The molecule has 0 aliphatic carbocycles. The van der Waals surface area contributed by atoms with E-state index in [1.165, 1.54) is 6.20 Å². The number of hydrogen-bond donors (Lipinski definition) is 2. The number of ether oxygens (including phenoxy) is 1. The van der Waals surface area contributed by atoms with Crippen LogP contribution in [-0.2, 0) is 6.54 Å². The number of benzene rings is 1. The number of nitrogens with one attached hydrogen (secondary N) is 1. The third-order valence-electron chi connectivity index (χ3n) is 5.27. The standard InChI is InChI=1S/C23H27N7O2/c1-2-32-18-8-6-17(7-9-18)15-26-22(31)19-16-27-23(28-21(19)24)30-13-11-29(12-14-30)20-5-3-4-10-25-20/h3-10,16H,2,11-15H2,1H3,(H,26,31)(H2,24,27,28). The molecule has 3 N–H and O–H groups in total. The minimum absolute atomic E-state index is 0.173. The Kier molecular flexibility index (Phi) is 6.64. The SMILES string of the molecule is CCOc1ccc(CNC(=O)c2cnc(N3CCN(c4ccccn4)CC3)nc2N)cc1. The van der Waals surface area contributed by atoms with E-state index in [1.807, 2.05) is 49.4 Å². The number of amides is 1. The second kappa shape index (κ2) is 9.95. The molecular weight excluding hydrogens is 406 g/mol. The van der Waals surface area contributed by atoms with Crippen molar-refractivity contribution in [1.29, 1.82) is 0 Å². The Hall–Kier alpha value is -3.88. The second-order valence-corrected chi connectivity index (χ2v) is 7.39. The fraction of sp³-hybridized carbons (Fsp3) is 0.304. The summed E-state index contributed by atoms with van der Waals surface area (Å²) in [5.74, 6) is 2.17. The van der Waals surface area contributed by atoms with Gasteiger partial charge in [0.15, 0.2) is 0 Å². The van der Waals surface area contributed by atoms with Crippen LogP contribution in [0.5, 0.6) is 5.75 Å². The molecule has 0 radical (unpaired) electrons. The van der Waals surface area contributed by atoms with Gasteiger partial charge in [-0.15, -0.1) is 0 Å². The highest BCUT2D eigenvalue weighted by molar-refractivity contribution is 5.98. The van der Waals surface area contributed by atoms with Gasteiger partial charge >= 0.3 is 0 Å². The maximum atomic E-state index is 12.6. The molecule has 1 aliphatic heterocycles. The van der Waals surface area contributed by atoms with Crippen LogP contribution in [0.25, 0.3) is 0 Å². The van der Waals surface area contributed by atoms with Crippen LogP contribution in [0.3, 0.4) is 0 Å². The van der Waals surface area contributed by atoms with Crippen molar-refractivity contribution < 1.29 is 9.53 Å². The van der Waals surface area contributed by atoms with Gasteiger partial charge in [-0.1, -0.05) is 18.2 Å². The van der Waals surface area contributed by atoms with Gasteiger partial charge in [-0.25, -0.2) is 9.97 Å². The molecule has 3 aromatic rings. The summed E-state index contributed by atoms with van der Waals surface area (Å²) in [4.78, 5) is 30.0. The van der Waals surface area contributed by atoms with E-state index in [2.05, 4.69) is 30.1 Å². The summed E-state index contributed by atoms with van der Waals surface area (Å²) in [7, 11) is 0. The van der Waals surface area contributed by atoms with E-state index in [-0.39, 0.29) is 17.3 Å². The molecule has 1 aliphatic rings. The van der Waals surface area contributed by atoms with E-state index in [4.69, 9.17) is 10.5 Å². The van der Waals surface area contributed by atoms with E-state index < -0.39 is 0 Å². The molecule has 4 rings (SSSR count). The van der Waals surface area contributed by atoms with Crippen molar-refractivity contribution in [3.63, 3.8) is 0 Å². The number of pyridine rings is 1. The lowest BCUT2D eigenvalue weighted by Crippen LogP contribution is -2.47. The molecule has 1 saturated heterocycles. The first kappa shape index (κ1) is 21.4. The number of piperazine rings is 1. The third kappa shape index (κ3) is 5.05. The summed E-state index contributed by atoms with van der Waals surface area (Å²) < 4.78 is 5.43. The number of hydrogen-bond acceptors (Lipinski definition) is 8. The average molecular weight is 434 g/mol. The van der Waals surface area contributed by atoms with Gasteiger partial charge in [-0.05, 0) is 36.8 Å². The average Bonchev–Trinajstić information content (AvgIpc) is 2.84. The zero-order valence-corrected chi connectivity index (χ0v) is 18.1. The fourth-order valence-electron chi connectivity index (χ4n) is 3.54. The monoisotopic (exact) mass is 433 g/mol. The van der Waals surface area contributed by atoms with Crippen molar-refractivity contribution in [2.24, 2.45) is 0 Å². The smallest absolute Gasteiger partial charge is 0.256 e. The largest absolute Gasteiger partial charge is 0.494 e. The van der Waals surface area contributed by atoms with Crippen LogP contribution in [0.1, 0.15) is 22.8 Å². The van der Waals surface area contributed by atoms with E-state index >= 15 is 0 Å². The van der Waals surface area contributed by atoms with Crippen LogP contribution in [0.15, 0.2) is 54.9 Å². The van der Waals surface area contributed by atoms with Gasteiger partial charge in [-0.2, -0.15) is 4.98 Å². The van der Waals surface area contributed by atoms with E-state index in [0.29, 0.717) is 19.1 Å². The van der Waals surface area contributed by atoms with Crippen LogP contribution < -0.4 is 25.6 Å². The molecule has 2 aromatic heterocycles. The number of aromatic nitrogens is 3. The van der Waals surface area contributed by atoms with Crippen LogP contribution in [0.4, 0.5) is 17.6 Å². The lowest BCUT2D eigenvalue weighted by atomic mass is 10.2. The van der Waals surface area contributed by atoms with Crippen molar-refractivity contribution in [2.45, 2.75) is 13.5 Å². The molecule has 166 valence electrons. The van der Waals surface area contributed by atoms with Crippen molar-refractivity contribution >= 4 is 23.5 Å². The number of rotatable bonds is 7. The zero-order chi connectivity index (χ0) is 22.3. The maximum absolute atomic E-state index is 12.6. The number of anilines is 3. The molecule has 0 atom stereocenters. The summed E-state index contributed by atoms with van der Waals surface area (Å²) in [5, 5.41) is 2.86. The topological polar surface area (TPSA) is 110 Å². The number of nitrogen functional groups attached to an aromatic ring is 1. The fourth-order valence-corrected chi connectivity index (χ4v) is 3.54. The first-order chi connectivity index (χ1) is 15.6. The lowest BCUT2D eigenvalue weighted by Gasteiger charge is -2.35. The number of nitrogens with zero attached hydrogens (tertiary/aromatic N) is 5. The lowest BCUT2D eigenvalue weighted by molar-refractivity contribution is 0.0951. The Balaban J connectivity index is 1.33. The van der Waals surface area contributed by atoms with Gasteiger partial charge in [-0.3, -0.25) is 4.79 Å². The number of nitrogens with two attached hydrogens (primary N) is 1. The molecule has 1 amide bonds. The highest BCUT2D eigenvalue weighted by Gasteiger charge is 2.21. The van der Waals surface area contributed by atoms with Gasteiger partial charge in [0.2, 0.25) is 5.95 Å². The van der Waals surface area contributed by atoms with Crippen LogP contribution in [-0.4, -0.2) is 53.6 Å². The van der Waals surface area contributed by atoms with Gasteiger partial charge in [0, 0.05) is 45.1 Å². The summed E-state index contributed by atoms with van der Waals surface area (Å²) in [6, 6.07) is 13.5. The summed E-state index contributed by atoms with van der Waals surface area (Å²) in [5.41, 5.74) is 7.33. The molecule has 0 saturated carbocycles. The quantitative estimate of drug-likeness (QED) is 0.583. The van der Waals surface area contributed by atoms with Crippen LogP contribution in [0, 0.1) is 0 Å². The van der Waals surface area contributed by atoms with Crippen molar-refractivity contribution in [3.05, 3.63) is 66.0 Å². The predicted octanol–water partition coefficient (Wildman–Crippen LogP) is 2.11. The van der Waals surface area contributed by atoms with Crippen molar-refractivity contribution in [1.82, 2.24) is 20.3 Å². The Morgan fingerprint density at radius 2 is 1.81 bits per heavy atom. The third-order valence-corrected chi connectivity index (χ3v) is 5.27. The summed E-state index contributed by atoms with van der Waals surface area (Å²) >= 11 is 0. The minimum Gasteiger partial charge on any atom is -0.494 e. The molecule has 0 bridgehead atoms. The number of carbonyl (C=O) groups is 1. The first-order valence-electron chi connectivity index (χ1n) is 10.7. The predicted molar refractivity (Wildman–Crippen MR) is 124 cm³/mol. The first-order valence-corrected chi connectivity index (χ1v) is 10.7.